The molecule has 0 fully saturated rings. The molecule has 2 aromatic carbocycles. The predicted molar refractivity (Wildman–Crippen MR) is 132 cm³/mol. The van der Waals surface area contributed by atoms with E-state index in [4.69, 9.17) is 4.43 Å². The van der Waals surface area contributed by atoms with Crippen LogP contribution < -0.4 is 10.4 Å². The molecule has 1 N–H and O–H groups in total. The maximum absolute atomic E-state index is 12.8. The minimum atomic E-state index is -2.80. The van der Waals surface area contributed by atoms with E-state index in [0.717, 1.165) is 15.9 Å². The van der Waals surface area contributed by atoms with E-state index in [9.17, 15) is 9.90 Å². The van der Waals surface area contributed by atoms with E-state index in [1.54, 1.807) is 6.92 Å². The average molecular weight is 437 g/mol. The number of aliphatic hydroxyl groups excluding tert-OH is 1. The first-order valence-corrected chi connectivity index (χ1v) is 12.7. The van der Waals surface area contributed by atoms with Gasteiger partial charge in [-0.2, -0.15) is 0 Å². The highest BCUT2D eigenvalue weighted by atomic mass is 28.4. The summed E-state index contributed by atoms with van der Waals surface area (Å²) in [6.45, 7) is 18.2. The number of benzene rings is 2. The molecule has 31 heavy (non-hydrogen) atoms. The molecule has 2 atom stereocenters. The fraction of sp³-hybridized carbons (Fsp3) is 0.370. The fourth-order valence-corrected chi connectivity index (χ4v) is 8.63. The number of ketones is 1. The molecule has 0 aliphatic heterocycles. The monoisotopic (exact) mass is 436 g/mol. The Morgan fingerprint density at radius 3 is 1.71 bits per heavy atom. The maximum atomic E-state index is 12.8. The molecule has 0 aliphatic carbocycles. The number of Topliss-reactive ketones (excluding diaryl/α,β-unsaturated/α-hetero) is 1. The molecule has 0 aliphatic rings. The molecule has 3 nitrogen and oxygen atoms in total. The molecule has 0 radical (unpaired) electrons. The van der Waals surface area contributed by atoms with E-state index in [1.807, 2.05) is 43.3 Å². The highest BCUT2D eigenvalue weighted by Gasteiger charge is 2.51. The Kier molecular flexibility index (Phi) is 8.35. The van der Waals surface area contributed by atoms with Gasteiger partial charge >= 0.3 is 0 Å². The van der Waals surface area contributed by atoms with E-state index < -0.39 is 20.5 Å². The normalized spacial score (nSPS) is 14.0. The highest BCUT2D eigenvalue weighted by molar-refractivity contribution is 6.99. The van der Waals surface area contributed by atoms with Crippen LogP contribution in [0.2, 0.25) is 5.04 Å². The van der Waals surface area contributed by atoms with E-state index in [-0.39, 0.29) is 23.7 Å². The van der Waals surface area contributed by atoms with Crippen LogP contribution in [0.4, 0.5) is 0 Å². The van der Waals surface area contributed by atoms with Crippen LogP contribution in [0.3, 0.4) is 0 Å². The summed E-state index contributed by atoms with van der Waals surface area (Å²) >= 11 is 0. The van der Waals surface area contributed by atoms with Gasteiger partial charge in [0.1, 0.15) is 5.78 Å². The second-order valence-corrected chi connectivity index (χ2v) is 13.7. The molecule has 2 aromatic rings. The third kappa shape index (κ3) is 5.91. The smallest absolute Gasteiger partial charge is 0.261 e. The van der Waals surface area contributed by atoms with Crippen molar-refractivity contribution >= 4 is 24.5 Å². The number of aliphatic hydroxyl groups is 1. The van der Waals surface area contributed by atoms with E-state index >= 15 is 0 Å². The number of hydrogen-bond donors (Lipinski definition) is 1. The Labute approximate surface area is 188 Å². The van der Waals surface area contributed by atoms with Crippen molar-refractivity contribution in [3.05, 3.63) is 85.0 Å². The first-order chi connectivity index (χ1) is 14.5. The van der Waals surface area contributed by atoms with Crippen molar-refractivity contribution in [2.45, 2.75) is 64.7 Å². The topological polar surface area (TPSA) is 46.5 Å². The van der Waals surface area contributed by atoms with Gasteiger partial charge in [-0.15, -0.1) is 0 Å². The maximum Gasteiger partial charge on any atom is 0.261 e. The van der Waals surface area contributed by atoms with Crippen LogP contribution in [-0.4, -0.2) is 31.4 Å². The quantitative estimate of drug-likeness (QED) is 0.430. The Bertz CT molecular complexity index is 858. The van der Waals surface area contributed by atoms with Crippen molar-refractivity contribution in [2.24, 2.45) is 0 Å². The molecule has 166 valence electrons. The predicted octanol–water partition coefficient (Wildman–Crippen LogP) is 4.79. The summed E-state index contributed by atoms with van der Waals surface area (Å²) in [6.07, 6.45) is -1.03. The van der Waals surface area contributed by atoms with Gasteiger partial charge in [0.15, 0.2) is 0 Å². The molecule has 0 aromatic heterocycles. The Balaban J connectivity index is 2.54. The van der Waals surface area contributed by atoms with Crippen LogP contribution in [0.5, 0.6) is 0 Å². The lowest BCUT2D eigenvalue weighted by molar-refractivity contribution is -0.121. The van der Waals surface area contributed by atoms with E-state index in [0.29, 0.717) is 5.57 Å². The highest BCUT2D eigenvalue weighted by Crippen LogP contribution is 2.38. The lowest BCUT2D eigenvalue weighted by Crippen LogP contribution is -2.67. The summed E-state index contributed by atoms with van der Waals surface area (Å²) in [5.41, 5.74) is 1.40. The minimum absolute atomic E-state index is 0.0449. The Hall–Kier alpha value is -2.27. The zero-order valence-electron chi connectivity index (χ0n) is 19.5. The second kappa shape index (κ2) is 10.4. The van der Waals surface area contributed by atoms with Gasteiger partial charge in [-0.1, -0.05) is 106 Å². The third-order valence-corrected chi connectivity index (χ3v) is 10.7. The zero-order valence-corrected chi connectivity index (χ0v) is 20.5. The molecule has 4 heteroatoms. The molecule has 0 unspecified atom stereocenters. The van der Waals surface area contributed by atoms with Crippen molar-refractivity contribution in [1.82, 2.24) is 0 Å². The largest absolute Gasteiger partial charge is 0.400 e. The van der Waals surface area contributed by atoms with Gasteiger partial charge in [-0.25, -0.2) is 0 Å². The Morgan fingerprint density at radius 2 is 1.35 bits per heavy atom. The molecule has 0 bridgehead atoms. The van der Waals surface area contributed by atoms with Crippen molar-refractivity contribution in [3.8, 4) is 0 Å². The first-order valence-electron chi connectivity index (χ1n) is 10.8. The van der Waals surface area contributed by atoms with Gasteiger partial charge in [0.2, 0.25) is 0 Å². The molecule has 0 amide bonds. The number of carbonyl (C=O) groups is 1. The standard InChI is InChI=1S/C27H36O3Si/c1-20(2)25(29)18-22(28)19-26(21(3)4)30-31(27(5,6)7,23-14-10-8-11-15-23)24-16-12-9-13-17-24/h8-17,25-26,29H,1,3,18-19H2,2,4-7H3/t25-,26-/m0/s1. The molecule has 2 rings (SSSR count). The van der Waals surface area contributed by atoms with Crippen LogP contribution in [0.25, 0.3) is 0 Å². The average Bonchev–Trinajstić information content (AvgIpc) is 2.71. The van der Waals surface area contributed by atoms with Crippen LogP contribution in [0.1, 0.15) is 47.5 Å². The van der Waals surface area contributed by atoms with Crippen molar-refractivity contribution in [3.63, 3.8) is 0 Å². The van der Waals surface area contributed by atoms with Gasteiger partial charge < -0.3 is 9.53 Å². The SMILES string of the molecule is C=C(C)[C@H](CC(=O)C[C@H](O)C(=C)C)O[Si](c1ccccc1)(c1ccccc1)C(C)(C)C. The molecular formula is C27H36O3Si. The van der Waals surface area contributed by atoms with Crippen LogP contribution in [0, 0.1) is 0 Å². The van der Waals surface area contributed by atoms with Gasteiger partial charge in [-0.05, 0) is 29.3 Å². The molecule has 0 saturated heterocycles. The Morgan fingerprint density at radius 1 is 0.903 bits per heavy atom. The second-order valence-electron chi connectivity index (χ2n) is 9.43. The van der Waals surface area contributed by atoms with Crippen LogP contribution >= 0.6 is 0 Å². The van der Waals surface area contributed by atoms with Crippen LogP contribution in [0.15, 0.2) is 85.0 Å². The van der Waals surface area contributed by atoms with Crippen molar-refractivity contribution < 1.29 is 14.3 Å². The summed E-state index contributed by atoms with van der Waals surface area (Å²) < 4.78 is 7.06. The van der Waals surface area contributed by atoms with Gasteiger partial charge in [0.05, 0.1) is 12.2 Å². The summed E-state index contributed by atoms with van der Waals surface area (Å²) in [4.78, 5) is 12.8. The van der Waals surface area contributed by atoms with Gasteiger partial charge in [0, 0.05) is 12.8 Å². The summed E-state index contributed by atoms with van der Waals surface area (Å²) in [7, 11) is -2.80. The lowest BCUT2D eigenvalue weighted by atomic mass is 10.0. The molecule has 0 saturated carbocycles. The number of carbonyl (C=O) groups excluding carboxylic acids is 1. The van der Waals surface area contributed by atoms with Gasteiger partial charge in [0.25, 0.3) is 8.32 Å². The lowest BCUT2D eigenvalue weighted by Gasteiger charge is -2.45. The van der Waals surface area contributed by atoms with E-state index in [2.05, 4.69) is 58.2 Å². The van der Waals surface area contributed by atoms with Crippen molar-refractivity contribution in [2.75, 3.05) is 0 Å². The summed E-state index contributed by atoms with van der Waals surface area (Å²) in [5, 5.41) is 12.2. The zero-order chi connectivity index (χ0) is 23.2. The molecular weight excluding hydrogens is 400 g/mol. The molecule has 0 spiro atoms. The molecule has 0 heterocycles. The first kappa shape index (κ1) is 25.0. The number of hydrogen-bond acceptors (Lipinski definition) is 3. The number of rotatable bonds is 10. The summed E-state index contributed by atoms with van der Waals surface area (Å²) in [5.74, 6) is -0.0542. The van der Waals surface area contributed by atoms with Crippen molar-refractivity contribution in [1.29, 1.82) is 0 Å². The van der Waals surface area contributed by atoms with Crippen LogP contribution in [-0.2, 0) is 9.22 Å². The third-order valence-electron chi connectivity index (χ3n) is 5.69. The minimum Gasteiger partial charge on any atom is -0.400 e. The fourth-order valence-electron chi connectivity index (χ4n) is 3.90. The van der Waals surface area contributed by atoms with E-state index in [1.165, 1.54) is 0 Å². The van der Waals surface area contributed by atoms with Gasteiger partial charge in [-0.3, -0.25) is 4.79 Å². The summed E-state index contributed by atoms with van der Waals surface area (Å²) in [6, 6.07) is 20.7.